The van der Waals surface area contributed by atoms with Gasteiger partial charge in [-0.2, -0.15) is 0 Å². The highest BCUT2D eigenvalue weighted by Gasteiger charge is 2.08. The van der Waals surface area contributed by atoms with Crippen LogP contribution < -0.4 is 4.90 Å². The first-order valence-electron chi connectivity index (χ1n) is 8.20. The molecule has 0 saturated heterocycles. The van der Waals surface area contributed by atoms with E-state index < -0.39 is 0 Å². The van der Waals surface area contributed by atoms with E-state index in [1.54, 1.807) is 0 Å². The lowest BCUT2D eigenvalue weighted by Crippen LogP contribution is -2.23. The van der Waals surface area contributed by atoms with Crippen molar-refractivity contribution >= 4 is 12.0 Å². The van der Waals surface area contributed by atoms with Gasteiger partial charge in [0.15, 0.2) is 0 Å². The minimum Gasteiger partial charge on any atom is -0.241 e. The van der Waals surface area contributed by atoms with Crippen LogP contribution in [0.4, 0.5) is 5.69 Å². The molecule has 0 spiro atoms. The molecule has 0 unspecified atom stereocenters. The number of rotatable bonds is 6. The third kappa shape index (κ3) is 9.06. The summed E-state index contributed by atoms with van der Waals surface area (Å²) >= 11 is 0. The molecule has 0 aliphatic carbocycles. The van der Waals surface area contributed by atoms with Gasteiger partial charge in [-0.1, -0.05) is 65.8 Å². The van der Waals surface area contributed by atoms with Crippen LogP contribution in [0.15, 0.2) is 37.0 Å². The Morgan fingerprint density at radius 2 is 1.71 bits per heavy atom. The first-order valence-corrected chi connectivity index (χ1v) is 8.20. The smallest absolute Gasteiger partial charge is 0.241 e. The molecular weight excluding hydrogens is 256 g/mol. The highest BCUT2D eigenvalue weighted by molar-refractivity contribution is 5.76. The van der Waals surface area contributed by atoms with Crippen molar-refractivity contribution in [3.63, 3.8) is 0 Å². The summed E-state index contributed by atoms with van der Waals surface area (Å²) in [4.78, 5) is 2.15. The van der Waals surface area contributed by atoms with Gasteiger partial charge in [-0.15, -0.1) is 0 Å². The molecule has 2 nitrogen and oxygen atoms in total. The van der Waals surface area contributed by atoms with Crippen LogP contribution in [0.3, 0.4) is 0 Å². The number of aryl methyl sites for hydroxylation is 1. The van der Waals surface area contributed by atoms with Crippen molar-refractivity contribution in [1.29, 1.82) is 0 Å². The fourth-order valence-electron chi connectivity index (χ4n) is 1.78. The summed E-state index contributed by atoms with van der Waals surface area (Å²) in [6.45, 7) is 17.2. The Bertz CT molecular complexity index is 394. The summed E-state index contributed by atoms with van der Waals surface area (Å²) in [6, 6.07) is 8.39. The van der Waals surface area contributed by atoms with Crippen LogP contribution in [0, 0.1) is 6.92 Å². The first-order chi connectivity index (χ1) is 10.2. The molecule has 0 radical (unpaired) electrons. The molecule has 0 aliphatic heterocycles. The highest BCUT2D eigenvalue weighted by Crippen LogP contribution is 2.16. The third-order valence-electron chi connectivity index (χ3n) is 2.82. The molecule has 0 bridgehead atoms. The summed E-state index contributed by atoms with van der Waals surface area (Å²) in [5, 5.41) is 0. The Labute approximate surface area is 132 Å². The van der Waals surface area contributed by atoms with Crippen molar-refractivity contribution in [3.05, 3.63) is 42.6 Å². The first kappa shape index (κ1) is 21.7. The SMILES string of the molecule is C=C[N+](=CN(C)c1ccccc1C)CCCC.CC.CC. The van der Waals surface area contributed by atoms with Crippen molar-refractivity contribution in [2.75, 3.05) is 18.5 Å². The van der Waals surface area contributed by atoms with Crippen LogP contribution in [-0.4, -0.2) is 24.5 Å². The molecule has 0 aliphatic rings. The highest BCUT2D eigenvalue weighted by atomic mass is 15.2. The number of anilines is 1. The lowest BCUT2D eigenvalue weighted by Gasteiger charge is -2.11. The Morgan fingerprint density at radius 1 is 1.14 bits per heavy atom. The summed E-state index contributed by atoms with van der Waals surface area (Å²) in [5.41, 5.74) is 2.52. The predicted octanol–water partition coefficient (Wildman–Crippen LogP) is 5.47. The monoisotopic (exact) mass is 291 g/mol. The van der Waals surface area contributed by atoms with Crippen LogP contribution in [0.1, 0.15) is 53.0 Å². The Kier molecular flexibility index (Phi) is 15.3. The molecule has 0 N–H and O–H groups in total. The standard InChI is InChI=1S/C15H23N2.2C2H6/c1-5-7-12-17(6-2)13-16(4)15-11-9-8-10-14(15)3;2*1-2/h6,8-11,13H,2,5,7,12H2,1,3-4H3;2*1-2H3/q+1;;. The molecule has 120 valence electrons. The van der Waals surface area contributed by atoms with Gasteiger partial charge in [-0.3, -0.25) is 0 Å². The van der Waals surface area contributed by atoms with Crippen molar-refractivity contribution in [2.45, 2.75) is 54.4 Å². The van der Waals surface area contributed by atoms with Gasteiger partial charge in [0.2, 0.25) is 6.34 Å². The van der Waals surface area contributed by atoms with Crippen molar-refractivity contribution in [1.82, 2.24) is 0 Å². The van der Waals surface area contributed by atoms with Crippen molar-refractivity contribution in [2.24, 2.45) is 0 Å². The predicted molar refractivity (Wildman–Crippen MR) is 98.6 cm³/mol. The molecule has 0 fully saturated rings. The Morgan fingerprint density at radius 3 is 2.19 bits per heavy atom. The van der Waals surface area contributed by atoms with E-state index in [1.165, 1.54) is 24.1 Å². The topological polar surface area (TPSA) is 6.25 Å². The fraction of sp³-hybridized carbons (Fsp3) is 0.526. The van der Waals surface area contributed by atoms with Crippen LogP contribution in [0.5, 0.6) is 0 Å². The van der Waals surface area contributed by atoms with E-state index >= 15 is 0 Å². The van der Waals surface area contributed by atoms with Crippen LogP contribution in [-0.2, 0) is 0 Å². The van der Waals surface area contributed by atoms with Gasteiger partial charge in [0.05, 0.1) is 19.8 Å². The van der Waals surface area contributed by atoms with Gasteiger partial charge >= 0.3 is 0 Å². The molecule has 0 saturated carbocycles. The van der Waals surface area contributed by atoms with Gasteiger partial charge in [-0.25, -0.2) is 9.48 Å². The largest absolute Gasteiger partial charge is 0.243 e. The van der Waals surface area contributed by atoms with Crippen LogP contribution in [0.2, 0.25) is 0 Å². The number of para-hydroxylation sites is 1. The average molecular weight is 292 g/mol. The summed E-state index contributed by atoms with van der Waals surface area (Å²) in [5.74, 6) is 0. The summed E-state index contributed by atoms with van der Waals surface area (Å²) in [6.07, 6.45) is 6.37. The second-order valence-corrected chi connectivity index (χ2v) is 4.29. The Balaban J connectivity index is 0. The van der Waals surface area contributed by atoms with Crippen molar-refractivity contribution < 1.29 is 4.58 Å². The molecule has 0 amide bonds. The normalized spacial score (nSPS) is 9.76. The molecule has 21 heavy (non-hydrogen) atoms. The molecule has 0 aromatic heterocycles. The van der Waals surface area contributed by atoms with Gasteiger partial charge in [-0.05, 0) is 25.0 Å². The maximum atomic E-state index is 3.85. The van der Waals surface area contributed by atoms with E-state index in [0.29, 0.717) is 0 Å². The number of hydrogen-bond acceptors (Lipinski definition) is 0. The molecule has 1 aromatic carbocycles. The van der Waals surface area contributed by atoms with E-state index in [2.05, 4.69) is 67.6 Å². The lowest BCUT2D eigenvalue weighted by molar-refractivity contribution is -0.453. The van der Waals surface area contributed by atoms with E-state index in [-0.39, 0.29) is 0 Å². The van der Waals surface area contributed by atoms with Gasteiger partial charge in [0.1, 0.15) is 5.69 Å². The zero-order valence-electron chi connectivity index (χ0n) is 15.2. The van der Waals surface area contributed by atoms with Crippen LogP contribution >= 0.6 is 0 Å². The quantitative estimate of drug-likeness (QED) is 0.383. The number of hydrogen-bond donors (Lipinski definition) is 0. The summed E-state index contributed by atoms with van der Waals surface area (Å²) in [7, 11) is 2.07. The number of unbranched alkanes of at least 4 members (excludes halogenated alkanes) is 1. The molecule has 1 rings (SSSR count). The fourth-order valence-corrected chi connectivity index (χ4v) is 1.78. The molecule has 0 atom stereocenters. The Hall–Kier alpha value is -1.57. The number of benzene rings is 1. The molecule has 1 aromatic rings. The zero-order chi connectivity index (χ0) is 16.7. The van der Waals surface area contributed by atoms with Gasteiger partial charge < -0.3 is 0 Å². The summed E-state index contributed by atoms with van der Waals surface area (Å²) < 4.78 is 2.13. The van der Waals surface area contributed by atoms with Gasteiger partial charge in [0, 0.05) is 0 Å². The van der Waals surface area contributed by atoms with E-state index in [4.69, 9.17) is 0 Å². The van der Waals surface area contributed by atoms with Crippen LogP contribution in [0.25, 0.3) is 0 Å². The maximum Gasteiger partial charge on any atom is 0.243 e. The van der Waals surface area contributed by atoms with E-state index in [1.807, 2.05) is 33.9 Å². The van der Waals surface area contributed by atoms with Crippen molar-refractivity contribution in [3.8, 4) is 0 Å². The average Bonchev–Trinajstić information content (AvgIpc) is 2.55. The zero-order valence-corrected chi connectivity index (χ0v) is 15.2. The third-order valence-corrected chi connectivity index (χ3v) is 2.82. The number of nitrogens with zero attached hydrogens (tertiary/aromatic N) is 2. The molecule has 0 heterocycles. The molecule has 2 heteroatoms. The second kappa shape index (κ2) is 14.8. The van der Waals surface area contributed by atoms with E-state index in [9.17, 15) is 0 Å². The van der Waals surface area contributed by atoms with E-state index in [0.717, 1.165) is 6.54 Å². The minimum absolute atomic E-state index is 1.02. The minimum atomic E-state index is 1.02. The second-order valence-electron chi connectivity index (χ2n) is 4.29. The maximum absolute atomic E-state index is 3.85. The van der Waals surface area contributed by atoms with Gasteiger partial charge in [0.25, 0.3) is 0 Å². The lowest BCUT2D eigenvalue weighted by atomic mass is 10.2. The molecular formula is C19H35N2+.